The van der Waals surface area contributed by atoms with Gasteiger partial charge in [0.25, 0.3) is 0 Å². The van der Waals surface area contributed by atoms with Crippen LogP contribution in [0.1, 0.15) is 94.0 Å². The summed E-state index contributed by atoms with van der Waals surface area (Å²) >= 11 is 0. The van der Waals surface area contributed by atoms with Crippen molar-refractivity contribution in [3.8, 4) is 5.75 Å². The molecule has 44 heavy (non-hydrogen) atoms. The third-order valence-electron chi connectivity index (χ3n) is 9.90. The van der Waals surface area contributed by atoms with Gasteiger partial charge in [-0.05, 0) is 41.0 Å². The summed E-state index contributed by atoms with van der Waals surface area (Å²) in [6.45, 7) is 8.99. The Morgan fingerprint density at radius 2 is 1.57 bits per heavy atom. The van der Waals surface area contributed by atoms with Crippen molar-refractivity contribution < 1.29 is 19.4 Å². The van der Waals surface area contributed by atoms with E-state index in [4.69, 9.17) is 4.74 Å². The SMILES string of the molecule is COc1ccc(C(C)c2ccccc2)cc1CN[C@H]1[C@H](C(C)(C)C)[C@@H](C(=O)O)N(C(=O)C2CCCCC2)[C@H]1c1ccccc1. The fraction of sp³-hybridized carbons (Fsp3) is 0.474. The Morgan fingerprint density at radius 3 is 2.16 bits per heavy atom. The lowest BCUT2D eigenvalue weighted by Crippen LogP contribution is -2.49. The molecule has 3 aromatic rings. The van der Waals surface area contributed by atoms with Crippen molar-refractivity contribution in [2.75, 3.05) is 7.11 Å². The molecule has 1 saturated carbocycles. The van der Waals surface area contributed by atoms with E-state index in [0.717, 1.165) is 49.0 Å². The highest BCUT2D eigenvalue weighted by Gasteiger charge is 2.58. The fourth-order valence-electron chi connectivity index (χ4n) is 7.66. The largest absolute Gasteiger partial charge is 0.496 e. The standard InChI is InChI=1S/C38H48N2O4/c1-25(26-15-9-6-10-16-26)29-21-22-31(44-5)30(23-29)24-39-33-32(38(2,3)4)35(37(42)43)40(34(33)27-17-11-7-12-18-27)36(41)28-19-13-8-14-20-28/h6-7,9-12,15-18,21-23,25,28,32-35,39H,8,13-14,19-20,24H2,1-5H3,(H,42,43)/t25?,32-,33-,34-,35-/m0/s1. The van der Waals surface area contributed by atoms with Gasteiger partial charge in [0.05, 0.1) is 13.2 Å². The molecule has 1 amide bonds. The topological polar surface area (TPSA) is 78.9 Å². The molecule has 5 atom stereocenters. The molecular formula is C38H48N2O4. The van der Waals surface area contributed by atoms with Gasteiger partial charge in [-0.2, -0.15) is 0 Å². The number of carboxylic acids is 1. The summed E-state index contributed by atoms with van der Waals surface area (Å²) in [5.74, 6) is -0.418. The van der Waals surface area contributed by atoms with Gasteiger partial charge in [0.2, 0.25) is 5.91 Å². The van der Waals surface area contributed by atoms with Crippen LogP contribution in [0.25, 0.3) is 0 Å². The molecule has 6 heteroatoms. The Labute approximate surface area is 262 Å². The second-order valence-electron chi connectivity index (χ2n) is 13.7. The van der Waals surface area contributed by atoms with E-state index in [1.54, 1.807) is 12.0 Å². The normalized spacial score (nSPS) is 23.3. The number of likely N-dealkylation sites (tertiary alicyclic amines) is 1. The highest BCUT2D eigenvalue weighted by Crippen LogP contribution is 2.49. The van der Waals surface area contributed by atoms with Gasteiger partial charge in [-0.15, -0.1) is 0 Å². The zero-order chi connectivity index (χ0) is 31.4. The smallest absolute Gasteiger partial charge is 0.326 e. The van der Waals surface area contributed by atoms with Gasteiger partial charge in [0.15, 0.2) is 0 Å². The highest BCUT2D eigenvalue weighted by atomic mass is 16.5. The van der Waals surface area contributed by atoms with Crippen molar-refractivity contribution >= 4 is 11.9 Å². The molecule has 0 bridgehead atoms. The molecule has 1 aliphatic heterocycles. The number of ether oxygens (including phenoxy) is 1. The fourth-order valence-corrected chi connectivity index (χ4v) is 7.66. The van der Waals surface area contributed by atoms with E-state index in [2.05, 4.69) is 69.4 Å². The number of carbonyl (C=O) groups is 2. The first-order valence-electron chi connectivity index (χ1n) is 16.2. The van der Waals surface area contributed by atoms with Crippen LogP contribution in [0, 0.1) is 17.3 Å². The lowest BCUT2D eigenvalue weighted by molar-refractivity contribution is -0.154. The molecule has 1 aliphatic carbocycles. The molecule has 1 heterocycles. The van der Waals surface area contributed by atoms with E-state index >= 15 is 0 Å². The Balaban J connectivity index is 1.55. The highest BCUT2D eigenvalue weighted by molar-refractivity contribution is 5.87. The molecule has 0 radical (unpaired) electrons. The summed E-state index contributed by atoms with van der Waals surface area (Å²) in [5, 5.41) is 14.6. The van der Waals surface area contributed by atoms with E-state index < -0.39 is 18.1 Å². The first-order chi connectivity index (χ1) is 21.1. The third-order valence-corrected chi connectivity index (χ3v) is 9.90. The maximum Gasteiger partial charge on any atom is 0.326 e. The first-order valence-corrected chi connectivity index (χ1v) is 16.2. The summed E-state index contributed by atoms with van der Waals surface area (Å²) in [6, 6.07) is 25.2. The molecule has 2 aliphatic rings. The second-order valence-corrected chi connectivity index (χ2v) is 13.7. The number of methoxy groups -OCH3 is 1. The number of amides is 1. The van der Waals surface area contributed by atoms with Crippen molar-refractivity contribution in [2.24, 2.45) is 17.3 Å². The Kier molecular flexibility index (Phi) is 9.79. The zero-order valence-corrected chi connectivity index (χ0v) is 26.8. The number of nitrogens with zero attached hydrogens (tertiary/aromatic N) is 1. The van der Waals surface area contributed by atoms with Crippen LogP contribution in [-0.2, 0) is 16.1 Å². The second kappa shape index (κ2) is 13.6. The zero-order valence-electron chi connectivity index (χ0n) is 26.8. The summed E-state index contributed by atoms with van der Waals surface area (Å²) in [5.41, 5.74) is 4.01. The van der Waals surface area contributed by atoms with Crippen molar-refractivity contribution in [1.82, 2.24) is 10.2 Å². The molecular weight excluding hydrogens is 548 g/mol. The van der Waals surface area contributed by atoms with Crippen molar-refractivity contribution in [1.29, 1.82) is 0 Å². The van der Waals surface area contributed by atoms with Gasteiger partial charge in [0, 0.05) is 35.9 Å². The summed E-state index contributed by atoms with van der Waals surface area (Å²) in [4.78, 5) is 29.3. The number of hydrogen-bond acceptors (Lipinski definition) is 4. The number of hydrogen-bond donors (Lipinski definition) is 2. The summed E-state index contributed by atoms with van der Waals surface area (Å²) in [7, 11) is 1.68. The average molecular weight is 597 g/mol. The minimum absolute atomic E-state index is 0.0132. The van der Waals surface area contributed by atoms with Crippen LogP contribution in [0.5, 0.6) is 5.75 Å². The maximum absolute atomic E-state index is 14.4. The van der Waals surface area contributed by atoms with Gasteiger partial charge in [-0.25, -0.2) is 4.79 Å². The van der Waals surface area contributed by atoms with Crippen LogP contribution in [0.4, 0.5) is 0 Å². The average Bonchev–Trinajstić information content (AvgIpc) is 3.40. The van der Waals surface area contributed by atoms with Crippen molar-refractivity contribution in [3.63, 3.8) is 0 Å². The van der Waals surface area contributed by atoms with E-state index in [1.165, 1.54) is 11.1 Å². The Hall–Kier alpha value is -3.64. The monoisotopic (exact) mass is 596 g/mol. The lowest BCUT2D eigenvalue weighted by atomic mass is 9.72. The molecule has 0 aromatic heterocycles. The number of aliphatic carboxylic acids is 1. The Bertz CT molecular complexity index is 1410. The minimum atomic E-state index is -0.935. The number of benzene rings is 3. The van der Waals surface area contributed by atoms with Crippen molar-refractivity contribution in [3.05, 3.63) is 101 Å². The molecule has 1 unspecified atom stereocenters. The Morgan fingerprint density at radius 1 is 0.932 bits per heavy atom. The molecule has 6 nitrogen and oxygen atoms in total. The van der Waals surface area contributed by atoms with Crippen LogP contribution in [0.3, 0.4) is 0 Å². The molecule has 2 fully saturated rings. The van der Waals surface area contributed by atoms with Gasteiger partial charge in [0.1, 0.15) is 11.8 Å². The third kappa shape index (κ3) is 6.56. The summed E-state index contributed by atoms with van der Waals surface area (Å²) in [6.07, 6.45) is 4.81. The van der Waals surface area contributed by atoms with Crippen LogP contribution < -0.4 is 10.1 Å². The lowest BCUT2D eigenvalue weighted by Gasteiger charge is -2.36. The van der Waals surface area contributed by atoms with Crippen molar-refractivity contribution in [2.45, 2.75) is 90.4 Å². The van der Waals surface area contributed by atoms with Gasteiger partial charge in [-0.1, -0.05) is 120 Å². The van der Waals surface area contributed by atoms with Gasteiger partial charge < -0.3 is 20.1 Å². The van der Waals surface area contributed by atoms with Crippen LogP contribution >= 0.6 is 0 Å². The van der Waals surface area contributed by atoms with Crippen LogP contribution in [-0.4, -0.2) is 41.1 Å². The van der Waals surface area contributed by atoms with Crippen LogP contribution in [0.2, 0.25) is 0 Å². The summed E-state index contributed by atoms with van der Waals surface area (Å²) < 4.78 is 5.81. The predicted molar refractivity (Wildman–Crippen MR) is 175 cm³/mol. The van der Waals surface area contributed by atoms with Gasteiger partial charge in [-0.3, -0.25) is 4.79 Å². The van der Waals surface area contributed by atoms with Gasteiger partial charge >= 0.3 is 5.97 Å². The molecule has 2 N–H and O–H groups in total. The van der Waals surface area contributed by atoms with E-state index in [-0.39, 0.29) is 35.1 Å². The molecule has 0 spiro atoms. The molecule has 3 aromatic carbocycles. The maximum atomic E-state index is 14.4. The molecule has 5 rings (SSSR count). The predicted octanol–water partition coefficient (Wildman–Crippen LogP) is 7.58. The minimum Gasteiger partial charge on any atom is -0.496 e. The quantitative estimate of drug-likeness (QED) is 0.266. The number of nitrogens with one attached hydrogen (secondary N) is 1. The van der Waals surface area contributed by atoms with E-state index in [0.29, 0.717) is 6.54 Å². The number of rotatable bonds is 9. The number of carbonyl (C=O) groups excluding carboxylic acids is 1. The first kappa shape index (κ1) is 31.8. The molecule has 1 saturated heterocycles. The molecule has 234 valence electrons. The number of carboxylic acid groups (broad SMARTS) is 1. The van der Waals surface area contributed by atoms with E-state index in [9.17, 15) is 14.7 Å². The van der Waals surface area contributed by atoms with Crippen LogP contribution in [0.15, 0.2) is 78.9 Å². The van der Waals surface area contributed by atoms with E-state index in [1.807, 2.05) is 42.5 Å².